The summed E-state index contributed by atoms with van der Waals surface area (Å²) in [6.07, 6.45) is 6.64. The van der Waals surface area contributed by atoms with E-state index in [9.17, 15) is 0 Å². The zero-order valence-corrected chi connectivity index (χ0v) is 6.17. The summed E-state index contributed by atoms with van der Waals surface area (Å²) in [5.74, 6) is 1.88. The summed E-state index contributed by atoms with van der Waals surface area (Å²) in [5, 5.41) is 3.32. The summed E-state index contributed by atoms with van der Waals surface area (Å²) in [5.41, 5.74) is 0. The molecule has 2 aliphatic heterocycles. The number of hydrogen-bond acceptors (Lipinski definition) is 2. The Morgan fingerprint density at radius 2 is 2.60 bits per heavy atom. The minimum Gasteiger partial charge on any atom is -0.370 e. The third-order valence-corrected chi connectivity index (χ3v) is 1.96. The van der Waals surface area contributed by atoms with Crippen LogP contribution in [-0.2, 0) is 0 Å². The zero-order valence-electron chi connectivity index (χ0n) is 6.17. The fourth-order valence-electron chi connectivity index (χ4n) is 1.38. The predicted octanol–water partition coefficient (Wildman–Crippen LogP) is 0.896. The summed E-state index contributed by atoms with van der Waals surface area (Å²) in [6.45, 7) is 4.40. The van der Waals surface area contributed by atoms with E-state index in [1.165, 1.54) is 5.82 Å². The molecule has 1 unspecified atom stereocenters. The maximum absolute atomic E-state index is 3.32. The first-order chi connectivity index (χ1) is 4.86. The first-order valence-electron chi connectivity index (χ1n) is 3.77. The monoisotopic (exact) mass is 136 g/mol. The smallest absolute Gasteiger partial charge is 0.102 e. The summed E-state index contributed by atoms with van der Waals surface area (Å²) in [6, 6.07) is 0. The van der Waals surface area contributed by atoms with E-state index in [1.54, 1.807) is 0 Å². The predicted molar refractivity (Wildman–Crippen MR) is 41.1 cm³/mol. The molecule has 0 radical (unpaired) electrons. The van der Waals surface area contributed by atoms with Gasteiger partial charge in [0.1, 0.15) is 5.82 Å². The Balaban J connectivity index is 2.22. The van der Waals surface area contributed by atoms with Crippen molar-refractivity contribution in [2.24, 2.45) is 5.92 Å². The van der Waals surface area contributed by atoms with E-state index in [-0.39, 0.29) is 0 Å². The summed E-state index contributed by atoms with van der Waals surface area (Å²) in [4.78, 5) is 2.25. The van der Waals surface area contributed by atoms with Gasteiger partial charge in [0.2, 0.25) is 0 Å². The van der Waals surface area contributed by atoms with Crippen molar-refractivity contribution in [1.82, 2.24) is 10.2 Å². The SMILES string of the molecule is CC1C=CN2CCNC2=C1. The van der Waals surface area contributed by atoms with Gasteiger partial charge in [0.25, 0.3) is 0 Å². The highest BCUT2D eigenvalue weighted by Crippen LogP contribution is 2.17. The fourth-order valence-corrected chi connectivity index (χ4v) is 1.38. The van der Waals surface area contributed by atoms with Crippen LogP contribution in [-0.4, -0.2) is 18.0 Å². The minimum absolute atomic E-state index is 0.594. The van der Waals surface area contributed by atoms with Gasteiger partial charge in [-0.3, -0.25) is 0 Å². The molecule has 0 bridgehead atoms. The first-order valence-corrected chi connectivity index (χ1v) is 3.77. The highest BCUT2D eigenvalue weighted by atomic mass is 15.3. The highest BCUT2D eigenvalue weighted by Gasteiger charge is 2.16. The molecular weight excluding hydrogens is 124 g/mol. The van der Waals surface area contributed by atoms with Gasteiger partial charge in [0.15, 0.2) is 0 Å². The molecule has 54 valence electrons. The Morgan fingerprint density at radius 1 is 1.70 bits per heavy atom. The number of hydrogen-bond donors (Lipinski definition) is 1. The third kappa shape index (κ3) is 0.801. The van der Waals surface area contributed by atoms with Crippen LogP contribution in [0, 0.1) is 5.92 Å². The van der Waals surface area contributed by atoms with Crippen LogP contribution < -0.4 is 5.32 Å². The lowest BCUT2D eigenvalue weighted by Crippen LogP contribution is -2.17. The van der Waals surface area contributed by atoms with Gasteiger partial charge in [-0.1, -0.05) is 13.0 Å². The molecule has 2 heterocycles. The van der Waals surface area contributed by atoms with Gasteiger partial charge < -0.3 is 10.2 Å². The standard InChI is InChI=1S/C8H12N2/c1-7-2-4-10-5-3-9-8(10)6-7/h2,4,6-7,9H,3,5H2,1H3. The molecule has 2 heteroatoms. The van der Waals surface area contributed by atoms with Crippen LogP contribution in [0.15, 0.2) is 24.2 Å². The number of allylic oxidation sites excluding steroid dienone is 2. The van der Waals surface area contributed by atoms with Crippen molar-refractivity contribution in [3.05, 3.63) is 24.2 Å². The molecule has 0 aliphatic carbocycles. The van der Waals surface area contributed by atoms with Crippen molar-refractivity contribution in [3.8, 4) is 0 Å². The lowest BCUT2D eigenvalue weighted by Gasteiger charge is -2.19. The second-order valence-corrected chi connectivity index (χ2v) is 2.87. The molecule has 2 rings (SSSR count). The lowest BCUT2D eigenvalue weighted by atomic mass is 10.1. The van der Waals surface area contributed by atoms with E-state index in [2.05, 4.69) is 35.5 Å². The molecule has 0 aromatic carbocycles. The number of nitrogens with one attached hydrogen (secondary N) is 1. The molecule has 0 aromatic rings. The fraction of sp³-hybridized carbons (Fsp3) is 0.500. The molecule has 1 N–H and O–H groups in total. The average Bonchev–Trinajstić information content (AvgIpc) is 2.33. The van der Waals surface area contributed by atoms with Gasteiger partial charge in [-0.05, 0) is 12.0 Å². The van der Waals surface area contributed by atoms with E-state index < -0.39 is 0 Å². The van der Waals surface area contributed by atoms with Crippen molar-refractivity contribution >= 4 is 0 Å². The van der Waals surface area contributed by atoms with Crippen LogP contribution >= 0.6 is 0 Å². The summed E-state index contributed by atoms with van der Waals surface area (Å²) in [7, 11) is 0. The van der Waals surface area contributed by atoms with E-state index >= 15 is 0 Å². The Bertz CT molecular complexity index is 193. The molecule has 0 saturated carbocycles. The van der Waals surface area contributed by atoms with Gasteiger partial charge in [-0.25, -0.2) is 0 Å². The van der Waals surface area contributed by atoms with Gasteiger partial charge in [-0.15, -0.1) is 0 Å². The quantitative estimate of drug-likeness (QED) is 0.532. The largest absolute Gasteiger partial charge is 0.370 e. The summed E-state index contributed by atoms with van der Waals surface area (Å²) < 4.78 is 0. The third-order valence-electron chi connectivity index (χ3n) is 1.96. The summed E-state index contributed by atoms with van der Waals surface area (Å²) >= 11 is 0. The van der Waals surface area contributed by atoms with Crippen molar-refractivity contribution in [1.29, 1.82) is 0 Å². The van der Waals surface area contributed by atoms with Crippen molar-refractivity contribution in [2.75, 3.05) is 13.1 Å². The first kappa shape index (κ1) is 5.83. The molecule has 1 atom stereocenters. The van der Waals surface area contributed by atoms with Crippen molar-refractivity contribution < 1.29 is 0 Å². The molecule has 1 saturated heterocycles. The zero-order chi connectivity index (χ0) is 6.97. The van der Waals surface area contributed by atoms with Gasteiger partial charge in [0, 0.05) is 19.3 Å². The van der Waals surface area contributed by atoms with Gasteiger partial charge in [0.05, 0.1) is 0 Å². The second-order valence-electron chi connectivity index (χ2n) is 2.87. The molecule has 2 nitrogen and oxygen atoms in total. The molecule has 10 heavy (non-hydrogen) atoms. The minimum atomic E-state index is 0.594. The molecule has 0 spiro atoms. The molecule has 0 aromatic heterocycles. The number of rotatable bonds is 0. The number of fused-ring (bicyclic) bond motifs is 1. The van der Waals surface area contributed by atoms with Crippen LogP contribution in [0.3, 0.4) is 0 Å². The normalized spacial score (nSPS) is 29.5. The van der Waals surface area contributed by atoms with Crippen LogP contribution in [0.5, 0.6) is 0 Å². The molecule has 1 fully saturated rings. The Labute approximate surface area is 61.2 Å². The highest BCUT2D eigenvalue weighted by molar-refractivity contribution is 5.17. The molecular formula is C8H12N2. The van der Waals surface area contributed by atoms with Gasteiger partial charge >= 0.3 is 0 Å². The maximum atomic E-state index is 3.32. The van der Waals surface area contributed by atoms with Crippen LogP contribution in [0.1, 0.15) is 6.92 Å². The van der Waals surface area contributed by atoms with Crippen LogP contribution in [0.25, 0.3) is 0 Å². The Hall–Kier alpha value is -0.920. The van der Waals surface area contributed by atoms with E-state index in [0.29, 0.717) is 5.92 Å². The van der Waals surface area contributed by atoms with E-state index in [4.69, 9.17) is 0 Å². The van der Waals surface area contributed by atoms with Crippen LogP contribution in [0.2, 0.25) is 0 Å². The second kappa shape index (κ2) is 2.04. The topological polar surface area (TPSA) is 15.3 Å². The van der Waals surface area contributed by atoms with E-state index in [0.717, 1.165) is 13.1 Å². The van der Waals surface area contributed by atoms with Crippen molar-refractivity contribution in [2.45, 2.75) is 6.92 Å². The Kier molecular flexibility index (Phi) is 1.19. The maximum Gasteiger partial charge on any atom is 0.102 e. The lowest BCUT2D eigenvalue weighted by molar-refractivity contribution is 0.516. The average molecular weight is 136 g/mol. The van der Waals surface area contributed by atoms with Crippen molar-refractivity contribution in [3.63, 3.8) is 0 Å². The van der Waals surface area contributed by atoms with Crippen LogP contribution in [0.4, 0.5) is 0 Å². The Morgan fingerprint density at radius 3 is 3.50 bits per heavy atom. The number of nitrogens with zero attached hydrogens (tertiary/aromatic N) is 1. The van der Waals surface area contributed by atoms with E-state index in [1.807, 2.05) is 0 Å². The van der Waals surface area contributed by atoms with Gasteiger partial charge in [-0.2, -0.15) is 0 Å². The molecule has 0 amide bonds. The molecule has 2 aliphatic rings.